The van der Waals surface area contributed by atoms with Crippen LogP contribution in [0, 0.1) is 0 Å². The number of para-hydroxylation sites is 1. The number of anilines is 1. The molecule has 0 aromatic heterocycles. The Balaban J connectivity index is 0.00000220. The van der Waals surface area contributed by atoms with E-state index < -0.39 is 0 Å². The van der Waals surface area contributed by atoms with Gasteiger partial charge in [0.15, 0.2) is 0 Å². The van der Waals surface area contributed by atoms with E-state index in [1.165, 1.54) is 0 Å². The maximum Gasteiger partial charge on any atom is 0.241 e. The molecule has 1 unspecified atom stereocenters. The first-order valence-electron chi connectivity index (χ1n) is 7.01. The summed E-state index contributed by atoms with van der Waals surface area (Å²) >= 11 is 0. The van der Waals surface area contributed by atoms with Gasteiger partial charge in [-0.05, 0) is 12.1 Å². The Morgan fingerprint density at radius 1 is 1.23 bits per heavy atom. The topological polar surface area (TPSA) is 44.8 Å². The van der Waals surface area contributed by atoms with Crippen molar-refractivity contribution in [3.05, 3.63) is 30.3 Å². The number of hydrogen-bond donors (Lipinski definition) is 1. The van der Waals surface area contributed by atoms with Crippen LogP contribution in [0.5, 0.6) is 0 Å². The minimum absolute atomic E-state index is 0. The van der Waals surface area contributed by atoms with Gasteiger partial charge in [0, 0.05) is 39.4 Å². The summed E-state index contributed by atoms with van der Waals surface area (Å²) in [4.78, 5) is 16.1. The molecule has 0 aliphatic carbocycles. The fourth-order valence-corrected chi connectivity index (χ4v) is 2.21. The van der Waals surface area contributed by atoms with Crippen LogP contribution in [-0.4, -0.2) is 63.8 Å². The van der Waals surface area contributed by atoms with Crippen LogP contribution < -0.4 is 10.2 Å². The number of likely N-dealkylation sites (N-methyl/N-ethyl adjacent to an activating group) is 2. The standard InChI is InChI=1S/C15H23N3O2.2ClH/c1-17(13-6-4-3-5-7-13)9-10-18(2)15(19)14-12-20-11-8-16-14;;/h3-7,14,16H,8-12H2,1-2H3;2*1H. The van der Waals surface area contributed by atoms with Gasteiger partial charge in [0.2, 0.25) is 5.91 Å². The fourth-order valence-electron chi connectivity index (χ4n) is 2.21. The number of carbonyl (C=O) groups is 1. The Labute approximate surface area is 144 Å². The molecule has 1 saturated heterocycles. The van der Waals surface area contributed by atoms with Gasteiger partial charge < -0.3 is 19.9 Å². The molecule has 1 N–H and O–H groups in total. The number of halogens is 2. The van der Waals surface area contributed by atoms with Crippen molar-refractivity contribution >= 4 is 36.4 Å². The van der Waals surface area contributed by atoms with E-state index in [2.05, 4.69) is 22.3 Å². The van der Waals surface area contributed by atoms with Gasteiger partial charge in [-0.15, -0.1) is 24.8 Å². The zero-order valence-corrected chi connectivity index (χ0v) is 14.7. The number of nitrogens with one attached hydrogen (secondary N) is 1. The van der Waals surface area contributed by atoms with E-state index >= 15 is 0 Å². The number of carbonyl (C=O) groups excluding carboxylic acids is 1. The Morgan fingerprint density at radius 2 is 1.91 bits per heavy atom. The van der Waals surface area contributed by atoms with Crippen LogP contribution >= 0.6 is 24.8 Å². The van der Waals surface area contributed by atoms with Crippen LogP contribution in [0.4, 0.5) is 5.69 Å². The van der Waals surface area contributed by atoms with Gasteiger partial charge in [0.05, 0.1) is 13.2 Å². The average molecular weight is 350 g/mol. The minimum atomic E-state index is -0.198. The monoisotopic (exact) mass is 349 g/mol. The first-order chi connectivity index (χ1) is 9.68. The van der Waals surface area contributed by atoms with Crippen LogP contribution in [0.15, 0.2) is 30.3 Å². The van der Waals surface area contributed by atoms with Gasteiger partial charge in [-0.1, -0.05) is 18.2 Å². The second kappa shape index (κ2) is 10.7. The Kier molecular flexibility index (Phi) is 10.2. The van der Waals surface area contributed by atoms with Crippen molar-refractivity contribution < 1.29 is 9.53 Å². The van der Waals surface area contributed by atoms with E-state index in [9.17, 15) is 4.79 Å². The Bertz CT molecular complexity index is 428. The molecule has 7 heteroatoms. The summed E-state index contributed by atoms with van der Waals surface area (Å²) in [5.41, 5.74) is 1.16. The highest BCUT2D eigenvalue weighted by atomic mass is 35.5. The molecule has 2 rings (SSSR count). The lowest BCUT2D eigenvalue weighted by Crippen LogP contribution is -2.52. The molecular weight excluding hydrogens is 325 g/mol. The summed E-state index contributed by atoms with van der Waals surface area (Å²) < 4.78 is 5.33. The molecule has 1 aromatic carbocycles. The molecule has 0 spiro atoms. The van der Waals surface area contributed by atoms with Crippen molar-refractivity contribution in [2.45, 2.75) is 6.04 Å². The lowest BCUT2D eigenvalue weighted by Gasteiger charge is -2.29. The zero-order chi connectivity index (χ0) is 14.4. The van der Waals surface area contributed by atoms with E-state index in [4.69, 9.17) is 4.74 Å². The molecule has 1 aliphatic rings. The summed E-state index contributed by atoms with van der Waals surface area (Å²) in [6.45, 7) is 3.40. The van der Waals surface area contributed by atoms with E-state index in [0.29, 0.717) is 19.8 Å². The van der Waals surface area contributed by atoms with Crippen LogP contribution in [-0.2, 0) is 9.53 Å². The number of ether oxygens (including phenoxy) is 1. The first-order valence-corrected chi connectivity index (χ1v) is 7.01. The molecule has 5 nitrogen and oxygen atoms in total. The average Bonchev–Trinajstić information content (AvgIpc) is 2.53. The summed E-state index contributed by atoms with van der Waals surface area (Å²) in [5, 5.41) is 3.19. The van der Waals surface area contributed by atoms with Gasteiger partial charge in [0.25, 0.3) is 0 Å². The van der Waals surface area contributed by atoms with Crippen LogP contribution in [0.2, 0.25) is 0 Å². The van der Waals surface area contributed by atoms with Gasteiger partial charge in [-0.2, -0.15) is 0 Å². The fraction of sp³-hybridized carbons (Fsp3) is 0.533. The van der Waals surface area contributed by atoms with Crippen molar-refractivity contribution in [3.8, 4) is 0 Å². The minimum Gasteiger partial charge on any atom is -0.378 e. The molecule has 1 amide bonds. The zero-order valence-electron chi connectivity index (χ0n) is 13.0. The van der Waals surface area contributed by atoms with E-state index in [-0.39, 0.29) is 36.8 Å². The van der Waals surface area contributed by atoms with E-state index in [1.54, 1.807) is 4.90 Å². The predicted octanol–water partition coefficient (Wildman–Crippen LogP) is 1.41. The van der Waals surface area contributed by atoms with Crippen molar-refractivity contribution in [1.29, 1.82) is 0 Å². The highest BCUT2D eigenvalue weighted by Crippen LogP contribution is 2.10. The molecular formula is C15H25Cl2N3O2. The van der Waals surface area contributed by atoms with Gasteiger partial charge >= 0.3 is 0 Å². The quantitative estimate of drug-likeness (QED) is 0.872. The van der Waals surface area contributed by atoms with Crippen molar-refractivity contribution in [1.82, 2.24) is 10.2 Å². The van der Waals surface area contributed by atoms with Gasteiger partial charge in [-0.3, -0.25) is 4.79 Å². The largest absolute Gasteiger partial charge is 0.378 e. The number of benzene rings is 1. The predicted molar refractivity (Wildman–Crippen MR) is 94.5 cm³/mol. The van der Waals surface area contributed by atoms with Crippen LogP contribution in [0.25, 0.3) is 0 Å². The normalized spacial score (nSPS) is 16.9. The third-order valence-electron chi connectivity index (χ3n) is 3.56. The molecule has 0 radical (unpaired) electrons. The number of nitrogens with zero attached hydrogens (tertiary/aromatic N) is 2. The lowest BCUT2D eigenvalue weighted by atomic mass is 10.2. The lowest BCUT2D eigenvalue weighted by molar-refractivity contribution is -0.134. The molecule has 1 aromatic rings. The van der Waals surface area contributed by atoms with Crippen LogP contribution in [0.3, 0.4) is 0 Å². The van der Waals surface area contributed by atoms with Crippen LogP contribution in [0.1, 0.15) is 0 Å². The SMILES string of the molecule is CN(CCN(C)c1ccccc1)C(=O)C1COCCN1.Cl.Cl. The molecule has 1 fully saturated rings. The van der Waals surface area contributed by atoms with E-state index in [0.717, 1.165) is 18.8 Å². The number of morpholine rings is 1. The summed E-state index contributed by atoms with van der Waals surface area (Å²) in [6, 6.07) is 9.97. The summed E-state index contributed by atoms with van der Waals surface area (Å²) in [6.07, 6.45) is 0. The molecule has 22 heavy (non-hydrogen) atoms. The second-order valence-electron chi connectivity index (χ2n) is 5.10. The molecule has 1 aliphatic heterocycles. The smallest absolute Gasteiger partial charge is 0.241 e. The van der Waals surface area contributed by atoms with E-state index in [1.807, 2.05) is 32.3 Å². The van der Waals surface area contributed by atoms with Crippen molar-refractivity contribution in [2.75, 3.05) is 51.8 Å². The highest BCUT2D eigenvalue weighted by molar-refractivity contribution is 5.85. The molecule has 126 valence electrons. The molecule has 0 bridgehead atoms. The molecule has 1 atom stereocenters. The third-order valence-corrected chi connectivity index (χ3v) is 3.56. The second-order valence-corrected chi connectivity index (χ2v) is 5.10. The Hall–Kier alpha value is -1.01. The number of amides is 1. The van der Waals surface area contributed by atoms with Gasteiger partial charge in [-0.25, -0.2) is 0 Å². The molecule has 1 heterocycles. The first kappa shape index (κ1) is 21.0. The summed E-state index contributed by atoms with van der Waals surface area (Å²) in [7, 11) is 3.88. The third kappa shape index (κ3) is 6.01. The molecule has 0 saturated carbocycles. The van der Waals surface area contributed by atoms with Gasteiger partial charge in [0.1, 0.15) is 6.04 Å². The number of rotatable bonds is 5. The van der Waals surface area contributed by atoms with Crippen molar-refractivity contribution in [3.63, 3.8) is 0 Å². The Morgan fingerprint density at radius 3 is 2.50 bits per heavy atom. The maximum atomic E-state index is 12.2. The van der Waals surface area contributed by atoms with Crippen molar-refractivity contribution in [2.24, 2.45) is 0 Å². The maximum absolute atomic E-state index is 12.2. The summed E-state index contributed by atoms with van der Waals surface area (Å²) in [5.74, 6) is 0.103. The number of hydrogen-bond acceptors (Lipinski definition) is 4. The highest BCUT2D eigenvalue weighted by Gasteiger charge is 2.24.